The highest BCUT2D eigenvalue weighted by Gasteiger charge is 2.51. The monoisotopic (exact) mass is 260 g/mol. The molecule has 0 heterocycles. The third-order valence-corrected chi connectivity index (χ3v) is 4.89. The highest BCUT2D eigenvalue weighted by Crippen LogP contribution is 2.53. The predicted molar refractivity (Wildman–Crippen MR) is 72.1 cm³/mol. The molecule has 102 valence electrons. The molecule has 2 aliphatic carbocycles. The highest BCUT2D eigenvalue weighted by atomic mass is 16.5. The molecule has 3 nitrogen and oxygen atoms in total. The van der Waals surface area contributed by atoms with Crippen LogP contribution in [0.4, 0.5) is 0 Å². The van der Waals surface area contributed by atoms with E-state index in [1.54, 1.807) is 7.11 Å². The Morgan fingerprint density at radius 2 is 1.68 bits per heavy atom. The van der Waals surface area contributed by atoms with Crippen LogP contribution in [0.3, 0.4) is 0 Å². The molecule has 1 aromatic carbocycles. The van der Waals surface area contributed by atoms with E-state index in [0.29, 0.717) is 0 Å². The van der Waals surface area contributed by atoms with Crippen molar-refractivity contribution < 1.29 is 14.6 Å². The van der Waals surface area contributed by atoms with Crippen molar-refractivity contribution in [3.8, 4) is 0 Å². The van der Waals surface area contributed by atoms with Crippen LogP contribution in [0.2, 0.25) is 0 Å². The maximum absolute atomic E-state index is 11.9. The van der Waals surface area contributed by atoms with Crippen molar-refractivity contribution in [2.24, 2.45) is 0 Å². The minimum atomic E-state index is -0.690. The Balaban J connectivity index is 2.12. The maximum atomic E-state index is 11.9. The van der Waals surface area contributed by atoms with Gasteiger partial charge in [-0.2, -0.15) is 0 Å². The first-order valence-electron chi connectivity index (χ1n) is 7.03. The molecule has 0 amide bonds. The van der Waals surface area contributed by atoms with Gasteiger partial charge in [0.15, 0.2) is 0 Å². The second-order valence-electron chi connectivity index (χ2n) is 5.84. The zero-order valence-corrected chi connectivity index (χ0v) is 11.3. The lowest BCUT2D eigenvalue weighted by atomic mass is 9.75. The largest absolute Gasteiger partial charge is 0.481 e. The molecule has 3 heteroatoms. The Labute approximate surface area is 113 Å². The van der Waals surface area contributed by atoms with Gasteiger partial charge in [-0.05, 0) is 36.8 Å². The van der Waals surface area contributed by atoms with Gasteiger partial charge in [-0.3, -0.25) is 4.79 Å². The molecule has 1 aromatic rings. The van der Waals surface area contributed by atoms with Crippen LogP contribution >= 0.6 is 0 Å². The SMILES string of the molecule is COC1(c2ccccc2C2(C(=O)O)CCCC2)CC1. The number of hydrogen-bond acceptors (Lipinski definition) is 2. The molecule has 3 rings (SSSR count). The Hall–Kier alpha value is -1.35. The summed E-state index contributed by atoms with van der Waals surface area (Å²) in [6.07, 6.45) is 5.49. The van der Waals surface area contributed by atoms with E-state index in [-0.39, 0.29) is 5.60 Å². The van der Waals surface area contributed by atoms with Crippen LogP contribution < -0.4 is 0 Å². The first-order chi connectivity index (χ1) is 9.15. The fraction of sp³-hybridized carbons (Fsp3) is 0.562. The molecule has 0 aliphatic heterocycles. The number of aliphatic carboxylic acids is 1. The van der Waals surface area contributed by atoms with Crippen molar-refractivity contribution in [3.05, 3.63) is 35.4 Å². The molecular weight excluding hydrogens is 240 g/mol. The summed E-state index contributed by atoms with van der Waals surface area (Å²) in [6.45, 7) is 0. The summed E-state index contributed by atoms with van der Waals surface area (Å²) in [6, 6.07) is 7.98. The van der Waals surface area contributed by atoms with Crippen LogP contribution in [0, 0.1) is 0 Å². The average molecular weight is 260 g/mol. The number of carboxylic acids is 1. The van der Waals surface area contributed by atoms with E-state index >= 15 is 0 Å². The van der Waals surface area contributed by atoms with E-state index < -0.39 is 11.4 Å². The molecule has 2 fully saturated rings. The van der Waals surface area contributed by atoms with Gasteiger partial charge in [-0.25, -0.2) is 0 Å². The van der Waals surface area contributed by atoms with Gasteiger partial charge in [-0.15, -0.1) is 0 Å². The summed E-state index contributed by atoms with van der Waals surface area (Å²) in [5.41, 5.74) is 1.17. The second kappa shape index (κ2) is 4.34. The van der Waals surface area contributed by atoms with Crippen LogP contribution in [0.25, 0.3) is 0 Å². The zero-order valence-electron chi connectivity index (χ0n) is 11.3. The first-order valence-corrected chi connectivity index (χ1v) is 7.03. The number of methoxy groups -OCH3 is 1. The molecule has 0 radical (unpaired) electrons. The lowest BCUT2D eigenvalue weighted by Crippen LogP contribution is -2.35. The predicted octanol–water partition coefficient (Wildman–Crippen LogP) is 3.22. The van der Waals surface area contributed by atoms with E-state index in [0.717, 1.165) is 49.7 Å². The molecular formula is C16H20O3. The molecule has 2 aliphatic rings. The average Bonchev–Trinajstić information content (AvgIpc) is 3.07. The zero-order chi connectivity index (χ0) is 13.5. The summed E-state index contributed by atoms with van der Waals surface area (Å²) in [5, 5.41) is 9.76. The van der Waals surface area contributed by atoms with Gasteiger partial charge < -0.3 is 9.84 Å². The lowest BCUT2D eigenvalue weighted by molar-refractivity contribution is -0.143. The number of hydrogen-bond donors (Lipinski definition) is 1. The van der Waals surface area contributed by atoms with Gasteiger partial charge in [0.05, 0.1) is 11.0 Å². The number of carboxylic acid groups (broad SMARTS) is 1. The molecule has 2 saturated carbocycles. The van der Waals surface area contributed by atoms with E-state index in [1.165, 1.54) is 0 Å². The number of benzene rings is 1. The van der Waals surface area contributed by atoms with Gasteiger partial charge in [0.2, 0.25) is 0 Å². The normalized spacial score (nSPS) is 23.2. The highest BCUT2D eigenvalue weighted by molar-refractivity contribution is 5.82. The van der Waals surface area contributed by atoms with Crippen molar-refractivity contribution in [1.29, 1.82) is 0 Å². The van der Waals surface area contributed by atoms with E-state index in [1.807, 2.05) is 18.2 Å². The Morgan fingerprint density at radius 3 is 2.16 bits per heavy atom. The fourth-order valence-corrected chi connectivity index (χ4v) is 3.57. The topological polar surface area (TPSA) is 46.5 Å². The standard InChI is InChI=1S/C16H20O3/c1-19-16(10-11-16)13-7-3-2-6-12(13)15(14(17)18)8-4-5-9-15/h2-3,6-7H,4-5,8-11H2,1H3,(H,17,18). The van der Waals surface area contributed by atoms with Crippen molar-refractivity contribution in [2.45, 2.75) is 49.5 Å². The molecule has 0 bridgehead atoms. The Bertz CT molecular complexity index is 496. The van der Waals surface area contributed by atoms with Crippen LogP contribution in [0.1, 0.15) is 49.7 Å². The molecule has 0 unspecified atom stereocenters. The third-order valence-electron chi connectivity index (χ3n) is 4.89. The molecule has 19 heavy (non-hydrogen) atoms. The maximum Gasteiger partial charge on any atom is 0.314 e. The third kappa shape index (κ3) is 1.79. The lowest BCUT2D eigenvalue weighted by Gasteiger charge is -2.29. The molecule has 1 N–H and O–H groups in total. The van der Waals surface area contributed by atoms with Gasteiger partial charge in [0.25, 0.3) is 0 Å². The van der Waals surface area contributed by atoms with Crippen molar-refractivity contribution in [2.75, 3.05) is 7.11 Å². The van der Waals surface area contributed by atoms with Gasteiger partial charge >= 0.3 is 5.97 Å². The number of ether oxygens (including phenoxy) is 1. The van der Waals surface area contributed by atoms with E-state index in [2.05, 4.69) is 6.07 Å². The van der Waals surface area contributed by atoms with Crippen molar-refractivity contribution >= 4 is 5.97 Å². The molecule has 0 spiro atoms. The summed E-state index contributed by atoms with van der Waals surface area (Å²) in [4.78, 5) is 11.9. The molecule has 0 saturated heterocycles. The molecule has 0 atom stereocenters. The minimum Gasteiger partial charge on any atom is -0.481 e. The van der Waals surface area contributed by atoms with E-state index in [9.17, 15) is 9.90 Å². The number of carbonyl (C=O) groups is 1. The van der Waals surface area contributed by atoms with Crippen LogP contribution in [0.5, 0.6) is 0 Å². The number of rotatable bonds is 4. The van der Waals surface area contributed by atoms with Gasteiger partial charge in [0, 0.05) is 7.11 Å². The van der Waals surface area contributed by atoms with Gasteiger partial charge in [-0.1, -0.05) is 37.1 Å². The van der Waals surface area contributed by atoms with Gasteiger partial charge in [0.1, 0.15) is 0 Å². The quantitative estimate of drug-likeness (QED) is 0.904. The smallest absolute Gasteiger partial charge is 0.314 e. The minimum absolute atomic E-state index is 0.221. The Morgan fingerprint density at radius 1 is 1.11 bits per heavy atom. The summed E-state index contributed by atoms with van der Waals surface area (Å²) < 4.78 is 5.67. The van der Waals surface area contributed by atoms with E-state index in [4.69, 9.17) is 4.74 Å². The van der Waals surface area contributed by atoms with Crippen molar-refractivity contribution in [3.63, 3.8) is 0 Å². The van der Waals surface area contributed by atoms with Crippen molar-refractivity contribution in [1.82, 2.24) is 0 Å². The fourth-order valence-electron chi connectivity index (χ4n) is 3.57. The Kier molecular flexibility index (Phi) is 2.90. The summed E-state index contributed by atoms with van der Waals surface area (Å²) in [5.74, 6) is -0.677. The summed E-state index contributed by atoms with van der Waals surface area (Å²) in [7, 11) is 1.73. The van der Waals surface area contributed by atoms with Crippen LogP contribution in [0.15, 0.2) is 24.3 Å². The summed E-state index contributed by atoms with van der Waals surface area (Å²) >= 11 is 0. The first kappa shape index (κ1) is 12.7. The van der Waals surface area contributed by atoms with Crippen LogP contribution in [-0.2, 0) is 20.5 Å². The van der Waals surface area contributed by atoms with Crippen LogP contribution in [-0.4, -0.2) is 18.2 Å². The molecule has 0 aromatic heterocycles. The second-order valence-corrected chi connectivity index (χ2v) is 5.84.